The summed E-state index contributed by atoms with van der Waals surface area (Å²) in [6.07, 6.45) is 5.85. The average Bonchev–Trinajstić information content (AvgIpc) is 2.80. The van der Waals surface area contributed by atoms with E-state index in [2.05, 4.69) is 38.0 Å². The molecule has 0 unspecified atom stereocenters. The molecular weight excluding hydrogens is 382 g/mol. The van der Waals surface area contributed by atoms with Crippen molar-refractivity contribution in [2.45, 2.75) is 13.0 Å². The number of aliphatic imine (C=N–C) groups is 1. The van der Waals surface area contributed by atoms with Gasteiger partial charge in [0.1, 0.15) is 11.6 Å². The highest BCUT2D eigenvalue weighted by Crippen LogP contribution is 2.14. The second-order valence-corrected chi connectivity index (χ2v) is 7.11. The fourth-order valence-electron chi connectivity index (χ4n) is 3.08. The highest BCUT2D eigenvalue weighted by atomic mass is 16.5. The first kappa shape index (κ1) is 21.9. The summed E-state index contributed by atoms with van der Waals surface area (Å²) in [6, 6.07) is 8.33. The third kappa shape index (κ3) is 7.53. The molecule has 2 aliphatic rings. The highest BCUT2D eigenvalue weighted by molar-refractivity contribution is 5.88. The van der Waals surface area contributed by atoms with Crippen molar-refractivity contribution in [3.8, 4) is 5.75 Å². The topological polar surface area (TPSA) is 87.2 Å². The number of hydrogen-bond donors (Lipinski definition) is 3. The molecule has 0 bridgehead atoms. The molecule has 2 aliphatic heterocycles. The lowest BCUT2D eigenvalue weighted by molar-refractivity contribution is -0.116. The van der Waals surface area contributed by atoms with Gasteiger partial charge in [0.2, 0.25) is 5.91 Å². The van der Waals surface area contributed by atoms with Crippen LogP contribution in [0.2, 0.25) is 0 Å². The molecule has 1 saturated heterocycles. The molecule has 3 rings (SSSR count). The average molecular weight is 414 g/mol. The van der Waals surface area contributed by atoms with Gasteiger partial charge in [-0.15, -0.1) is 0 Å². The molecule has 1 amide bonds. The molecule has 8 heteroatoms. The zero-order valence-corrected chi connectivity index (χ0v) is 17.5. The molecule has 8 nitrogen and oxygen atoms in total. The molecule has 0 radical (unpaired) electrons. The number of benzene rings is 1. The number of hydrogen-bond acceptors (Lipinski definition) is 6. The van der Waals surface area contributed by atoms with Crippen LogP contribution < -0.4 is 20.7 Å². The maximum atomic E-state index is 11.2. The summed E-state index contributed by atoms with van der Waals surface area (Å²) in [5.74, 6) is 1.63. The Bertz CT molecular complexity index is 767. The van der Waals surface area contributed by atoms with Crippen LogP contribution in [0.25, 0.3) is 0 Å². The van der Waals surface area contributed by atoms with Crippen LogP contribution in [-0.2, 0) is 16.1 Å². The van der Waals surface area contributed by atoms with E-state index in [1.165, 1.54) is 11.6 Å². The normalized spacial score (nSPS) is 18.6. The van der Waals surface area contributed by atoms with E-state index in [0.29, 0.717) is 19.7 Å². The largest absolute Gasteiger partial charge is 0.494 e. The minimum atomic E-state index is -0.135. The van der Waals surface area contributed by atoms with Gasteiger partial charge in [-0.2, -0.15) is 0 Å². The summed E-state index contributed by atoms with van der Waals surface area (Å²) >= 11 is 0. The summed E-state index contributed by atoms with van der Waals surface area (Å²) in [6.45, 7) is 6.52. The Hall–Kier alpha value is -2.84. The predicted molar refractivity (Wildman–Crippen MR) is 117 cm³/mol. The monoisotopic (exact) mass is 413 g/mol. The maximum Gasteiger partial charge on any atom is 0.243 e. The van der Waals surface area contributed by atoms with Gasteiger partial charge in [0, 0.05) is 51.9 Å². The second-order valence-electron chi connectivity index (χ2n) is 7.11. The van der Waals surface area contributed by atoms with Crippen LogP contribution in [0.4, 0.5) is 0 Å². The van der Waals surface area contributed by atoms with Crippen molar-refractivity contribution in [3.63, 3.8) is 0 Å². The van der Waals surface area contributed by atoms with Gasteiger partial charge in [-0.1, -0.05) is 12.1 Å². The van der Waals surface area contributed by atoms with Crippen LogP contribution in [0.3, 0.4) is 0 Å². The van der Waals surface area contributed by atoms with Gasteiger partial charge in [0.05, 0.1) is 32.1 Å². The molecule has 30 heavy (non-hydrogen) atoms. The van der Waals surface area contributed by atoms with Gasteiger partial charge in [0.25, 0.3) is 0 Å². The van der Waals surface area contributed by atoms with Crippen LogP contribution in [0.1, 0.15) is 12.0 Å². The number of allylic oxidation sites excluding steroid dienone is 1. The second kappa shape index (κ2) is 12.0. The summed E-state index contributed by atoms with van der Waals surface area (Å²) < 4.78 is 11.2. The van der Waals surface area contributed by atoms with Crippen LogP contribution in [0.5, 0.6) is 5.75 Å². The minimum absolute atomic E-state index is 0.135. The first-order chi connectivity index (χ1) is 14.7. The van der Waals surface area contributed by atoms with E-state index >= 15 is 0 Å². The van der Waals surface area contributed by atoms with Crippen LogP contribution in [0, 0.1) is 0 Å². The van der Waals surface area contributed by atoms with Gasteiger partial charge in [-0.3, -0.25) is 14.7 Å². The van der Waals surface area contributed by atoms with E-state index in [1.807, 2.05) is 12.1 Å². The van der Waals surface area contributed by atoms with Gasteiger partial charge in [0.15, 0.2) is 0 Å². The lowest BCUT2D eigenvalue weighted by Crippen LogP contribution is -2.36. The third-order valence-electron chi connectivity index (χ3n) is 4.82. The van der Waals surface area contributed by atoms with Crippen molar-refractivity contribution in [3.05, 3.63) is 53.9 Å². The Morgan fingerprint density at radius 2 is 2.10 bits per heavy atom. The van der Waals surface area contributed by atoms with Crippen LogP contribution >= 0.6 is 0 Å². The number of carbonyl (C=O) groups excluding carboxylic acids is 1. The quantitative estimate of drug-likeness (QED) is 0.414. The van der Waals surface area contributed by atoms with E-state index in [-0.39, 0.29) is 5.91 Å². The molecule has 1 aromatic carbocycles. The lowest BCUT2D eigenvalue weighted by atomic mass is 10.2. The summed E-state index contributed by atoms with van der Waals surface area (Å²) in [7, 11) is 1.60. The number of nitrogens with one attached hydrogen (secondary N) is 3. The van der Waals surface area contributed by atoms with Crippen molar-refractivity contribution in [2.24, 2.45) is 4.99 Å². The van der Waals surface area contributed by atoms with Gasteiger partial charge in [-0.25, -0.2) is 0 Å². The number of amides is 1. The van der Waals surface area contributed by atoms with E-state index in [1.54, 1.807) is 19.3 Å². The van der Waals surface area contributed by atoms with Crippen molar-refractivity contribution in [1.29, 1.82) is 0 Å². The highest BCUT2D eigenvalue weighted by Gasteiger charge is 2.10. The Morgan fingerprint density at radius 3 is 2.80 bits per heavy atom. The summed E-state index contributed by atoms with van der Waals surface area (Å²) in [5.41, 5.74) is 2.14. The van der Waals surface area contributed by atoms with E-state index < -0.39 is 0 Å². The third-order valence-corrected chi connectivity index (χ3v) is 4.82. The minimum Gasteiger partial charge on any atom is -0.494 e. The Morgan fingerprint density at radius 1 is 1.30 bits per heavy atom. The molecule has 2 heterocycles. The molecule has 0 spiro atoms. The molecule has 1 aromatic rings. The number of rotatable bonds is 9. The Labute approximate surface area is 178 Å². The van der Waals surface area contributed by atoms with E-state index in [9.17, 15) is 4.79 Å². The molecule has 0 aromatic heterocycles. The molecule has 1 fully saturated rings. The van der Waals surface area contributed by atoms with Crippen molar-refractivity contribution in [2.75, 3.05) is 53.0 Å². The predicted octanol–water partition coefficient (Wildman–Crippen LogP) is 1.02. The van der Waals surface area contributed by atoms with Gasteiger partial charge in [-0.05, 0) is 23.8 Å². The van der Waals surface area contributed by atoms with Crippen LogP contribution in [-0.4, -0.2) is 69.7 Å². The van der Waals surface area contributed by atoms with E-state index in [0.717, 1.165) is 56.6 Å². The Kier molecular flexibility index (Phi) is 8.74. The maximum absolute atomic E-state index is 11.2. The molecule has 162 valence electrons. The van der Waals surface area contributed by atoms with Gasteiger partial charge >= 0.3 is 0 Å². The van der Waals surface area contributed by atoms with Crippen molar-refractivity contribution < 1.29 is 14.3 Å². The SMILES string of the molecule is CNC(=O)/C=C/C1=CNC(=NCCCOc2ccc(CN3CCOCC3)cc2)CN1. The summed E-state index contributed by atoms with van der Waals surface area (Å²) in [5, 5.41) is 8.90. The number of nitrogens with zero attached hydrogens (tertiary/aromatic N) is 2. The standard InChI is InChI=1S/C22H31N5O3/c1-23-22(28)8-5-19-15-26-21(16-25-19)24-9-2-12-30-20-6-3-18(4-7-20)17-27-10-13-29-14-11-27/h3-8,15,25H,2,9-14,16-17H2,1H3,(H,23,28)(H,24,26)/b8-5+. The smallest absolute Gasteiger partial charge is 0.243 e. The lowest BCUT2D eigenvalue weighted by Gasteiger charge is -2.26. The summed E-state index contributed by atoms with van der Waals surface area (Å²) in [4.78, 5) is 18.2. The first-order valence-corrected chi connectivity index (χ1v) is 10.4. The zero-order valence-electron chi connectivity index (χ0n) is 17.5. The zero-order chi connectivity index (χ0) is 21.0. The molecule has 0 saturated carbocycles. The number of carbonyl (C=O) groups is 1. The van der Waals surface area contributed by atoms with Gasteiger partial charge < -0.3 is 25.4 Å². The molecule has 3 N–H and O–H groups in total. The number of morpholine rings is 1. The number of likely N-dealkylation sites (N-methyl/N-ethyl adjacent to an activating group) is 1. The number of ether oxygens (including phenoxy) is 2. The van der Waals surface area contributed by atoms with Crippen molar-refractivity contribution >= 4 is 11.7 Å². The van der Waals surface area contributed by atoms with E-state index in [4.69, 9.17) is 9.47 Å². The molecular formula is C22H31N5O3. The fourth-order valence-corrected chi connectivity index (χ4v) is 3.08. The van der Waals surface area contributed by atoms with Crippen molar-refractivity contribution in [1.82, 2.24) is 20.9 Å². The fraction of sp³-hybridized carbons (Fsp3) is 0.455. The first-order valence-electron chi connectivity index (χ1n) is 10.4. The molecule has 0 atom stereocenters. The van der Waals surface area contributed by atoms with Crippen LogP contribution in [0.15, 0.2) is 53.3 Å². The number of amidine groups is 1. The molecule has 0 aliphatic carbocycles. The Balaban J connectivity index is 1.32.